The second-order valence-corrected chi connectivity index (χ2v) is 13.9. The van der Waals surface area contributed by atoms with Crippen molar-refractivity contribution in [1.82, 2.24) is 10.2 Å². The van der Waals surface area contributed by atoms with Crippen molar-refractivity contribution in [3.63, 3.8) is 0 Å². The SMILES string of the molecule is Cc1ccc(N2C(=O)N(c3ccc(OCCOCCOCCOCCNc4cccc5c4C(=O)N(C4CCC(=O)NC4=O)C5=O)cc3)C(C)(C)C2=O)cc1C. The maximum absolute atomic E-state index is 13.5. The van der Waals surface area contributed by atoms with Gasteiger partial charge in [-0.05, 0) is 93.8 Å². The van der Waals surface area contributed by atoms with Crippen molar-refractivity contribution in [2.24, 2.45) is 0 Å². The van der Waals surface area contributed by atoms with Crippen molar-refractivity contribution in [2.45, 2.75) is 52.1 Å². The van der Waals surface area contributed by atoms with Crippen LogP contribution in [0.5, 0.6) is 5.75 Å². The maximum atomic E-state index is 13.5. The van der Waals surface area contributed by atoms with E-state index in [1.165, 1.54) is 9.80 Å². The Morgan fingerprint density at radius 3 is 2.09 bits per heavy atom. The maximum Gasteiger partial charge on any atom is 0.336 e. The monoisotopic (exact) mass is 755 g/mol. The van der Waals surface area contributed by atoms with E-state index in [1.54, 1.807) is 62.4 Å². The molecule has 2 saturated heterocycles. The molecule has 7 amide bonds. The molecule has 1 unspecified atom stereocenters. The minimum Gasteiger partial charge on any atom is -0.491 e. The third-order valence-corrected chi connectivity index (χ3v) is 9.78. The van der Waals surface area contributed by atoms with Gasteiger partial charge in [-0.15, -0.1) is 0 Å². The molecule has 15 heteroatoms. The molecule has 0 bridgehead atoms. The minimum atomic E-state index is -1.07. The third kappa shape index (κ3) is 8.23. The van der Waals surface area contributed by atoms with Crippen LogP contribution in [0.3, 0.4) is 0 Å². The number of nitrogens with one attached hydrogen (secondary N) is 2. The lowest BCUT2D eigenvalue weighted by Gasteiger charge is -2.27. The number of hydrogen-bond donors (Lipinski definition) is 2. The highest BCUT2D eigenvalue weighted by atomic mass is 16.6. The summed E-state index contributed by atoms with van der Waals surface area (Å²) in [4.78, 5) is 80.6. The predicted octanol–water partition coefficient (Wildman–Crippen LogP) is 4.00. The van der Waals surface area contributed by atoms with Crippen LogP contribution in [0.15, 0.2) is 60.7 Å². The third-order valence-electron chi connectivity index (χ3n) is 9.78. The normalized spacial score (nSPS) is 18.0. The first kappa shape index (κ1) is 39.1. The molecular weight excluding hydrogens is 710 g/mol. The summed E-state index contributed by atoms with van der Waals surface area (Å²) in [5.74, 6) is -1.90. The topological polar surface area (TPSA) is 173 Å². The number of carbonyl (C=O) groups is 6. The zero-order chi connectivity index (χ0) is 39.3. The van der Waals surface area contributed by atoms with Gasteiger partial charge in [0.05, 0.1) is 56.5 Å². The fraction of sp³-hybridized carbons (Fsp3) is 0.400. The van der Waals surface area contributed by atoms with Crippen LogP contribution < -0.4 is 25.2 Å². The lowest BCUT2D eigenvalue weighted by Crippen LogP contribution is -2.54. The molecule has 3 heterocycles. The quantitative estimate of drug-likeness (QED) is 0.116. The molecule has 3 aliphatic rings. The predicted molar refractivity (Wildman–Crippen MR) is 201 cm³/mol. The first-order valence-corrected chi connectivity index (χ1v) is 18.2. The van der Waals surface area contributed by atoms with Crippen LogP contribution in [0.4, 0.5) is 21.9 Å². The highest BCUT2D eigenvalue weighted by Crippen LogP contribution is 2.37. The Bertz CT molecular complexity index is 1980. The van der Waals surface area contributed by atoms with E-state index in [4.69, 9.17) is 18.9 Å². The van der Waals surface area contributed by atoms with Crippen molar-refractivity contribution in [1.29, 1.82) is 0 Å². The lowest BCUT2D eigenvalue weighted by molar-refractivity contribution is -0.136. The number of fused-ring (bicyclic) bond motifs is 1. The van der Waals surface area contributed by atoms with E-state index in [1.807, 2.05) is 26.0 Å². The molecular formula is C40H45N5O10. The van der Waals surface area contributed by atoms with Crippen LogP contribution in [0.1, 0.15) is 58.5 Å². The molecule has 2 fully saturated rings. The van der Waals surface area contributed by atoms with Crippen molar-refractivity contribution in [3.8, 4) is 5.75 Å². The molecule has 3 aromatic rings. The largest absolute Gasteiger partial charge is 0.491 e. The Hall–Kier alpha value is -5.64. The zero-order valence-electron chi connectivity index (χ0n) is 31.3. The molecule has 0 saturated carbocycles. The first-order valence-electron chi connectivity index (χ1n) is 18.2. The number of carbonyl (C=O) groups excluding carboxylic acids is 6. The Morgan fingerprint density at radius 2 is 1.42 bits per heavy atom. The molecule has 1 atom stereocenters. The Labute approximate surface area is 318 Å². The van der Waals surface area contributed by atoms with E-state index >= 15 is 0 Å². The molecule has 0 spiro atoms. The van der Waals surface area contributed by atoms with Gasteiger partial charge in [-0.25, -0.2) is 9.69 Å². The lowest BCUT2D eigenvalue weighted by atomic mass is 10.0. The van der Waals surface area contributed by atoms with Gasteiger partial charge < -0.3 is 24.3 Å². The molecule has 3 aromatic carbocycles. The summed E-state index contributed by atoms with van der Waals surface area (Å²) >= 11 is 0. The summed E-state index contributed by atoms with van der Waals surface area (Å²) in [6, 6.07) is 16.0. The Morgan fingerprint density at radius 1 is 0.764 bits per heavy atom. The number of rotatable bonds is 17. The van der Waals surface area contributed by atoms with Gasteiger partial charge in [-0.1, -0.05) is 12.1 Å². The number of amides is 7. The molecule has 55 heavy (non-hydrogen) atoms. The molecule has 0 aromatic heterocycles. The van der Waals surface area contributed by atoms with Crippen LogP contribution in [-0.2, 0) is 28.6 Å². The summed E-state index contributed by atoms with van der Waals surface area (Å²) < 4.78 is 22.6. The second kappa shape index (κ2) is 16.8. The van der Waals surface area contributed by atoms with E-state index in [9.17, 15) is 28.8 Å². The summed E-state index contributed by atoms with van der Waals surface area (Å²) in [5, 5.41) is 5.33. The van der Waals surface area contributed by atoms with Gasteiger partial charge in [0.2, 0.25) is 11.8 Å². The Balaban J connectivity index is 0.837. The average Bonchev–Trinajstić information content (AvgIpc) is 3.51. The standard InChI is InChI=1S/C40H45N5O10/c1-25-8-9-28(24-26(25)2)43-38(50)40(3,4)45(39(43)51)27-10-12-29(13-11-27)55-23-22-54-21-20-53-19-18-52-17-16-41-31-7-5-6-30-34(31)37(49)44(36(30)48)32-14-15-33(46)42-35(32)47/h5-13,24,32,41H,14-23H2,1-4H3,(H,42,46,47). The van der Waals surface area contributed by atoms with Crippen molar-refractivity contribution in [2.75, 3.05) is 67.9 Å². The van der Waals surface area contributed by atoms with E-state index in [-0.39, 0.29) is 29.9 Å². The van der Waals surface area contributed by atoms with Gasteiger partial charge in [0.25, 0.3) is 17.7 Å². The molecule has 2 N–H and O–H groups in total. The molecule has 6 rings (SSSR count). The fourth-order valence-electron chi connectivity index (χ4n) is 6.69. The number of anilines is 3. The number of aryl methyl sites for hydroxylation is 2. The summed E-state index contributed by atoms with van der Waals surface area (Å²) in [6.45, 7) is 10.2. The van der Waals surface area contributed by atoms with Crippen LogP contribution >= 0.6 is 0 Å². The van der Waals surface area contributed by atoms with Crippen LogP contribution in [0.25, 0.3) is 0 Å². The number of piperidine rings is 1. The number of imide groups is 3. The molecule has 0 radical (unpaired) electrons. The fourth-order valence-corrected chi connectivity index (χ4v) is 6.69. The number of nitrogens with zero attached hydrogens (tertiary/aromatic N) is 3. The average molecular weight is 756 g/mol. The van der Waals surface area contributed by atoms with Gasteiger partial charge in [0.1, 0.15) is 23.9 Å². The molecule has 0 aliphatic carbocycles. The molecule has 3 aliphatic heterocycles. The van der Waals surface area contributed by atoms with Crippen molar-refractivity contribution in [3.05, 3.63) is 82.9 Å². The van der Waals surface area contributed by atoms with Crippen LogP contribution in [0.2, 0.25) is 0 Å². The van der Waals surface area contributed by atoms with Gasteiger partial charge in [-0.3, -0.25) is 39.1 Å². The highest BCUT2D eigenvalue weighted by molar-refractivity contribution is 6.30. The zero-order valence-corrected chi connectivity index (χ0v) is 31.3. The minimum absolute atomic E-state index is 0.0558. The van der Waals surface area contributed by atoms with E-state index in [0.717, 1.165) is 16.0 Å². The number of ether oxygens (including phenoxy) is 4. The number of hydrogen-bond acceptors (Lipinski definition) is 11. The molecule has 290 valence electrons. The summed E-state index contributed by atoms with van der Waals surface area (Å²) in [5.41, 5.74) is 3.01. The van der Waals surface area contributed by atoms with Crippen LogP contribution in [0, 0.1) is 13.8 Å². The summed E-state index contributed by atoms with van der Waals surface area (Å²) in [7, 11) is 0. The number of benzene rings is 3. The first-order chi connectivity index (χ1) is 26.4. The number of urea groups is 1. The van der Waals surface area contributed by atoms with E-state index in [0.29, 0.717) is 75.6 Å². The molecule has 15 nitrogen and oxygen atoms in total. The van der Waals surface area contributed by atoms with E-state index < -0.39 is 41.2 Å². The van der Waals surface area contributed by atoms with Crippen LogP contribution in [-0.4, -0.2) is 105 Å². The summed E-state index contributed by atoms with van der Waals surface area (Å²) in [6.07, 6.45) is 0.149. The smallest absolute Gasteiger partial charge is 0.336 e. The van der Waals surface area contributed by atoms with Gasteiger partial charge >= 0.3 is 6.03 Å². The van der Waals surface area contributed by atoms with Gasteiger partial charge in [-0.2, -0.15) is 0 Å². The Kier molecular flexibility index (Phi) is 11.9. The second-order valence-electron chi connectivity index (χ2n) is 13.9. The van der Waals surface area contributed by atoms with Crippen molar-refractivity contribution < 1.29 is 47.7 Å². The van der Waals surface area contributed by atoms with E-state index in [2.05, 4.69) is 10.6 Å². The van der Waals surface area contributed by atoms with Crippen molar-refractivity contribution >= 4 is 52.6 Å². The van der Waals surface area contributed by atoms with Gasteiger partial charge in [0, 0.05) is 24.3 Å². The highest BCUT2D eigenvalue weighted by Gasteiger charge is 2.52. The van der Waals surface area contributed by atoms with Gasteiger partial charge in [0.15, 0.2) is 0 Å².